The molecule has 3 heterocycles. The van der Waals surface area contributed by atoms with E-state index in [1.807, 2.05) is 48.5 Å². The average Bonchev–Trinajstić information content (AvgIpc) is 3.34. The summed E-state index contributed by atoms with van der Waals surface area (Å²) in [4.78, 5) is 32.0. The van der Waals surface area contributed by atoms with E-state index in [-0.39, 0.29) is 42.5 Å². The van der Waals surface area contributed by atoms with Crippen LogP contribution >= 0.6 is 0 Å². The number of benzene rings is 3. The van der Waals surface area contributed by atoms with Crippen molar-refractivity contribution in [2.75, 3.05) is 19.7 Å². The molecule has 3 aromatic rings. The molecular weight excluding hydrogens is 591 g/mol. The maximum Gasteiger partial charge on any atom is 0.455 e. The summed E-state index contributed by atoms with van der Waals surface area (Å²) in [5.41, 5.74) is 5.06. The van der Waals surface area contributed by atoms with E-state index in [0.29, 0.717) is 19.3 Å². The van der Waals surface area contributed by atoms with Gasteiger partial charge in [-0.1, -0.05) is 72.3 Å². The third-order valence-electron chi connectivity index (χ3n) is 10.8. The maximum atomic E-state index is 14.1. The van der Waals surface area contributed by atoms with E-state index in [0.717, 1.165) is 65.5 Å². The van der Waals surface area contributed by atoms with Gasteiger partial charge in [-0.3, -0.25) is 19.4 Å². The molecule has 0 bridgehead atoms. The summed E-state index contributed by atoms with van der Waals surface area (Å²) in [6.45, 7) is 4.36. The number of hydrogen-bond acceptors (Lipinski definition) is 7. The van der Waals surface area contributed by atoms with Gasteiger partial charge >= 0.3 is 7.12 Å². The molecule has 3 aliphatic heterocycles. The monoisotopic (exact) mass is 634 g/mol. The van der Waals surface area contributed by atoms with E-state index < -0.39 is 25.1 Å². The minimum Gasteiger partial charge on any atom is -0.507 e. The molecular formula is C38H43BN2O6. The quantitative estimate of drug-likeness (QED) is 0.178. The lowest BCUT2D eigenvalue weighted by Gasteiger charge is -2.43. The smallest absolute Gasteiger partial charge is 0.455 e. The van der Waals surface area contributed by atoms with Crippen molar-refractivity contribution in [1.82, 2.24) is 9.80 Å². The number of aliphatic hydroxyl groups is 1. The van der Waals surface area contributed by atoms with Gasteiger partial charge in [0, 0.05) is 31.1 Å². The van der Waals surface area contributed by atoms with Gasteiger partial charge < -0.3 is 19.9 Å². The lowest BCUT2D eigenvalue weighted by Crippen LogP contribution is -2.48. The number of fused-ring (bicyclic) bond motifs is 4. The molecule has 47 heavy (non-hydrogen) atoms. The first kappa shape index (κ1) is 31.8. The lowest BCUT2D eigenvalue weighted by atomic mass is 9.58. The number of hydrogen-bond donors (Lipinski definition) is 3. The summed E-state index contributed by atoms with van der Waals surface area (Å²) in [6.07, 6.45) is 5.00. The van der Waals surface area contributed by atoms with Gasteiger partial charge in [0.25, 0.3) is 0 Å². The van der Waals surface area contributed by atoms with Crippen molar-refractivity contribution in [3.8, 4) is 5.75 Å². The third-order valence-corrected chi connectivity index (χ3v) is 10.8. The summed E-state index contributed by atoms with van der Waals surface area (Å²) in [5, 5.41) is 33.5. The fourth-order valence-corrected chi connectivity index (χ4v) is 8.60. The van der Waals surface area contributed by atoms with Gasteiger partial charge in [-0.25, -0.2) is 0 Å². The number of rotatable bonds is 8. The van der Waals surface area contributed by atoms with Crippen molar-refractivity contribution in [3.63, 3.8) is 0 Å². The molecule has 4 aliphatic rings. The van der Waals surface area contributed by atoms with Gasteiger partial charge in [0.2, 0.25) is 11.8 Å². The predicted molar refractivity (Wildman–Crippen MR) is 182 cm³/mol. The lowest BCUT2D eigenvalue weighted by molar-refractivity contribution is -0.144. The van der Waals surface area contributed by atoms with Crippen molar-refractivity contribution in [1.29, 1.82) is 0 Å². The van der Waals surface area contributed by atoms with Crippen molar-refractivity contribution >= 4 is 35.8 Å². The molecule has 9 heteroatoms. The second kappa shape index (κ2) is 13.4. The Morgan fingerprint density at radius 2 is 1.68 bits per heavy atom. The number of piperidine rings is 1. The van der Waals surface area contributed by atoms with Crippen LogP contribution in [0.25, 0.3) is 16.8 Å². The van der Waals surface area contributed by atoms with Gasteiger partial charge in [-0.05, 0) is 85.0 Å². The molecule has 4 atom stereocenters. The van der Waals surface area contributed by atoms with Crippen LogP contribution in [0.3, 0.4) is 0 Å². The Morgan fingerprint density at radius 3 is 2.43 bits per heavy atom. The molecule has 3 saturated heterocycles. The summed E-state index contributed by atoms with van der Waals surface area (Å²) in [6, 6.07) is 21.6. The fourth-order valence-electron chi connectivity index (χ4n) is 8.60. The Kier molecular flexibility index (Phi) is 9.07. The second-order valence-electron chi connectivity index (χ2n) is 13.8. The number of phenols is 1. The number of carbonyl (C=O) groups is 2. The molecule has 1 aliphatic carbocycles. The van der Waals surface area contributed by atoms with Crippen LogP contribution in [-0.4, -0.2) is 75.8 Å². The number of aliphatic hydroxyl groups excluding tert-OH is 1. The van der Waals surface area contributed by atoms with Crippen LogP contribution in [0.4, 0.5) is 0 Å². The zero-order valence-corrected chi connectivity index (χ0v) is 26.9. The number of likely N-dealkylation sites (tertiary alicyclic amines) is 2. The summed E-state index contributed by atoms with van der Waals surface area (Å²) in [5.74, 6) is -1.37. The average molecular weight is 635 g/mol. The van der Waals surface area contributed by atoms with E-state index in [2.05, 4.69) is 30.0 Å². The molecule has 2 amide bonds. The molecule has 0 saturated carbocycles. The molecule has 3 aromatic carbocycles. The van der Waals surface area contributed by atoms with E-state index in [1.165, 1.54) is 5.56 Å². The van der Waals surface area contributed by atoms with E-state index in [9.17, 15) is 24.8 Å². The Labute approximate surface area is 276 Å². The molecule has 0 aromatic heterocycles. The SMILES string of the molecule is C/C(=C\c1ccc(O)c2ccccc12)CC[C@H]1OB(O)C[C@H]2C1=C(CO)C[C@H]1C(=O)N(C3CCN(Cc4ccccc4)CC3)C(=O)[C@H]12. The standard InChI is InChI=1S/C38H43BN2O6/c1-24(19-26-12-13-33(43)30-10-6-5-9-29(26)30)11-14-34-35-27(23-42)20-31-36(32(35)21-39(46)47-34)38(45)41(37(31)44)28-15-17-40(18-16-28)22-25-7-3-2-4-8-25/h2-10,12-13,19,28,31-32,34,36,42-43,46H,11,14-18,20-23H2,1H3/b24-19+/t31-,32+,34-,36-/m1/s1. The predicted octanol–water partition coefficient (Wildman–Crippen LogP) is 5.18. The Balaban J connectivity index is 1.06. The van der Waals surface area contributed by atoms with Gasteiger partial charge in [0.1, 0.15) is 5.75 Å². The van der Waals surface area contributed by atoms with Gasteiger partial charge in [0.15, 0.2) is 0 Å². The number of amides is 2. The summed E-state index contributed by atoms with van der Waals surface area (Å²) in [7, 11) is -1.05. The number of aromatic hydroxyl groups is 1. The maximum absolute atomic E-state index is 14.1. The normalized spacial score (nSPS) is 25.9. The molecule has 244 valence electrons. The van der Waals surface area contributed by atoms with E-state index in [4.69, 9.17) is 4.65 Å². The van der Waals surface area contributed by atoms with Crippen molar-refractivity contribution in [2.45, 2.75) is 64.0 Å². The molecule has 0 radical (unpaired) electrons. The number of allylic oxidation sites excluding steroid dienone is 1. The summed E-state index contributed by atoms with van der Waals surface area (Å²) < 4.78 is 6.10. The Morgan fingerprint density at radius 1 is 0.957 bits per heavy atom. The van der Waals surface area contributed by atoms with Crippen molar-refractivity contribution in [2.24, 2.45) is 17.8 Å². The number of phenolic OH excluding ortho intramolecular Hbond substituents is 1. The largest absolute Gasteiger partial charge is 0.507 e. The van der Waals surface area contributed by atoms with E-state index >= 15 is 0 Å². The first-order valence-corrected chi connectivity index (χ1v) is 17.0. The molecule has 0 spiro atoms. The van der Waals surface area contributed by atoms with Crippen LogP contribution in [0.15, 0.2) is 83.4 Å². The topological polar surface area (TPSA) is 111 Å². The Bertz CT molecular complexity index is 1720. The third kappa shape index (κ3) is 6.18. The van der Waals surface area contributed by atoms with Crippen LogP contribution < -0.4 is 0 Å². The van der Waals surface area contributed by atoms with Crippen LogP contribution in [-0.2, 0) is 20.8 Å². The van der Waals surface area contributed by atoms with Crippen molar-refractivity contribution in [3.05, 3.63) is 94.6 Å². The highest BCUT2D eigenvalue weighted by molar-refractivity contribution is 6.43. The molecule has 7 rings (SSSR count). The Hall–Kier alpha value is -3.76. The number of imide groups is 1. The number of nitrogens with zero attached hydrogens (tertiary/aromatic N) is 2. The van der Waals surface area contributed by atoms with Crippen molar-refractivity contribution < 1.29 is 29.5 Å². The highest BCUT2D eigenvalue weighted by Gasteiger charge is 2.58. The minimum atomic E-state index is -1.05. The highest BCUT2D eigenvalue weighted by Crippen LogP contribution is 2.51. The zero-order chi connectivity index (χ0) is 32.7. The minimum absolute atomic E-state index is 0.121. The fraction of sp³-hybridized carbons (Fsp3) is 0.421. The van der Waals surface area contributed by atoms with Crippen LogP contribution in [0.1, 0.15) is 50.2 Å². The molecule has 3 fully saturated rings. The first-order valence-electron chi connectivity index (χ1n) is 17.0. The second-order valence-corrected chi connectivity index (χ2v) is 13.8. The van der Waals surface area contributed by atoms with Gasteiger partial charge in [0.05, 0.1) is 24.5 Å². The molecule has 8 nitrogen and oxygen atoms in total. The zero-order valence-electron chi connectivity index (χ0n) is 26.9. The first-order chi connectivity index (χ1) is 22.8. The summed E-state index contributed by atoms with van der Waals surface area (Å²) >= 11 is 0. The molecule has 0 unspecified atom stereocenters. The highest BCUT2D eigenvalue weighted by atomic mass is 16.5. The van der Waals surface area contributed by atoms with Crippen LogP contribution in [0, 0.1) is 17.8 Å². The number of carbonyl (C=O) groups excluding carboxylic acids is 2. The van der Waals surface area contributed by atoms with Gasteiger partial charge in [-0.15, -0.1) is 0 Å². The van der Waals surface area contributed by atoms with Crippen LogP contribution in [0.2, 0.25) is 6.32 Å². The van der Waals surface area contributed by atoms with Crippen LogP contribution in [0.5, 0.6) is 5.75 Å². The molecule has 3 N–H and O–H groups in total. The van der Waals surface area contributed by atoms with E-state index in [1.54, 1.807) is 11.0 Å². The van der Waals surface area contributed by atoms with Gasteiger partial charge in [-0.2, -0.15) is 0 Å².